The number of carbonyl (C=O) groups excluding carboxylic acids is 2. The van der Waals surface area contributed by atoms with Crippen LogP contribution < -0.4 is 0 Å². The van der Waals surface area contributed by atoms with Crippen LogP contribution in [-0.2, 0) is 9.59 Å². The van der Waals surface area contributed by atoms with E-state index in [2.05, 4.69) is 9.98 Å². The molecule has 0 heterocycles. The predicted molar refractivity (Wildman–Crippen MR) is 96.2 cm³/mol. The van der Waals surface area contributed by atoms with Crippen LogP contribution in [0.15, 0.2) is 50.9 Å². The first-order chi connectivity index (χ1) is 11.5. The third kappa shape index (κ3) is 4.14. The number of hydrogen-bond donors (Lipinski definition) is 0. The molecule has 0 aromatic heterocycles. The molecule has 0 aliphatic carbocycles. The zero-order valence-electron chi connectivity index (χ0n) is 11.7. The topological polar surface area (TPSA) is 58.9 Å². The van der Waals surface area contributed by atoms with Crippen LogP contribution in [0, 0.1) is 0 Å². The van der Waals surface area contributed by atoms with Crippen molar-refractivity contribution in [1.82, 2.24) is 0 Å². The molecular weight excluding hydrogens is 394 g/mol. The lowest BCUT2D eigenvalue weighted by Gasteiger charge is -2.11. The van der Waals surface area contributed by atoms with Crippen LogP contribution in [0.3, 0.4) is 0 Å². The number of halogens is 4. The van der Waals surface area contributed by atoms with Crippen molar-refractivity contribution in [3.8, 4) is 0 Å². The monoisotopic (exact) mass is 398 g/mol. The molecule has 0 saturated carbocycles. The van der Waals surface area contributed by atoms with E-state index in [9.17, 15) is 9.59 Å². The summed E-state index contributed by atoms with van der Waals surface area (Å²) < 4.78 is -0.0401. The lowest BCUT2D eigenvalue weighted by molar-refractivity contribution is 0.564. The van der Waals surface area contributed by atoms with Crippen LogP contribution in [0.4, 0.5) is 11.4 Å². The molecule has 0 aliphatic rings. The smallest absolute Gasteiger partial charge is 0.211 e. The molecule has 0 fully saturated rings. The number of hydrogen-bond acceptors (Lipinski definition) is 4. The van der Waals surface area contributed by atoms with Gasteiger partial charge < -0.3 is 0 Å². The maximum absolute atomic E-state index is 10.5. The van der Waals surface area contributed by atoms with Crippen LogP contribution >= 0.6 is 46.4 Å². The van der Waals surface area contributed by atoms with E-state index < -0.39 is 0 Å². The minimum atomic E-state index is -0.0401. The number of isocyanates is 2. The fraction of sp³-hybridized carbons (Fsp3) is 0. The lowest BCUT2D eigenvalue weighted by atomic mass is 9.98. The van der Waals surface area contributed by atoms with Gasteiger partial charge in [0.1, 0.15) is 4.49 Å². The van der Waals surface area contributed by atoms with Crippen molar-refractivity contribution in [1.29, 1.82) is 0 Å². The largest absolute Gasteiger partial charge is 0.240 e. The molecule has 0 saturated heterocycles. The van der Waals surface area contributed by atoms with E-state index in [1.807, 2.05) is 0 Å². The molecule has 0 spiro atoms. The summed E-state index contributed by atoms with van der Waals surface area (Å²) in [5, 5.41) is 0.545. The van der Waals surface area contributed by atoms with Crippen LogP contribution in [-0.4, -0.2) is 12.2 Å². The van der Waals surface area contributed by atoms with Gasteiger partial charge in [0.05, 0.1) is 21.4 Å². The number of rotatable bonds is 4. The van der Waals surface area contributed by atoms with Crippen molar-refractivity contribution >= 4 is 75.5 Å². The van der Waals surface area contributed by atoms with E-state index in [0.717, 1.165) is 0 Å². The van der Waals surface area contributed by atoms with Gasteiger partial charge in [0.25, 0.3) is 0 Å². The maximum Gasteiger partial charge on any atom is 0.240 e. The molecule has 0 bridgehead atoms. The van der Waals surface area contributed by atoms with Crippen molar-refractivity contribution in [2.24, 2.45) is 9.98 Å². The first-order valence-electron chi connectivity index (χ1n) is 6.28. The van der Waals surface area contributed by atoms with Crippen molar-refractivity contribution in [3.63, 3.8) is 0 Å². The predicted octanol–water partition coefficient (Wildman–Crippen LogP) is 6.12. The molecule has 4 nitrogen and oxygen atoms in total. The number of benzene rings is 2. The Morgan fingerprint density at radius 2 is 1.21 bits per heavy atom. The molecule has 0 amide bonds. The Kier molecular flexibility index (Phi) is 6.36. The van der Waals surface area contributed by atoms with E-state index in [1.165, 1.54) is 24.3 Å². The Morgan fingerprint density at radius 1 is 0.792 bits per heavy atom. The fourth-order valence-corrected chi connectivity index (χ4v) is 2.75. The van der Waals surface area contributed by atoms with Gasteiger partial charge in [-0.25, -0.2) is 9.59 Å². The molecule has 2 rings (SSSR count). The van der Waals surface area contributed by atoms with Gasteiger partial charge in [0.15, 0.2) is 0 Å². The second-order valence-corrected chi connectivity index (χ2v) is 6.14. The van der Waals surface area contributed by atoms with Crippen LogP contribution in [0.5, 0.6) is 0 Å². The van der Waals surface area contributed by atoms with E-state index in [1.54, 1.807) is 24.3 Å². The number of aliphatic imine (C=N–C) groups is 2. The van der Waals surface area contributed by atoms with Crippen molar-refractivity contribution in [2.45, 2.75) is 0 Å². The molecule has 0 aliphatic heterocycles. The summed E-state index contributed by atoms with van der Waals surface area (Å²) >= 11 is 24.0. The standard InChI is InChI=1S/C16H6Cl4N2O2/c17-11-3-1-9(5-13(11)21-7-23)15(16(19)20)10-2-4-12(18)14(6-10)22-8-24/h1-6H. The Labute approximate surface area is 157 Å². The van der Waals surface area contributed by atoms with E-state index >= 15 is 0 Å². The highest BCUT2D eigenvalue weighted by Crippen LogP contribution is 2.37. The maximum atomic E-state index is 10.5. The Morgan fingerprint density at radius 3 is 1.54 bits per heavy atom. The van der Waals surface area contributed by atoms with E-state index in [4.69, 9.17) is 46.4 Å². The van der Waals surface area contributed by atoms with Crippen LogP contribution in [0.25, 0.3) is 5.57 Å². The normalized spacial score (nSPS) is 9.67. The van der Waals surface area contributed by atoms with Gasteiger partial charge in [-0.2, -0.15) is 9.98 Å². The molecule has 0 radical (unpaired) electrons. The summed E-state index contributed by atoms with van der Waals surface area (Å²) in [4.78, 5) is 28.0. The molecule has 0 N–H and O–H groups in total. The Bertz CT molecular complexity index is 854. The van der Waals surface area contributed by atoms with Crippen molar-refractivity contribution in [3.05, 3.63) is 62.1 Å². The summed E-state index contributed by atoms with van der Waals surface area (Å²) in [5.74, 6) is 0. The SMILES string of the molecule is O=C=Nc1cc(C(=C(Cl)Cl)c2ccc(Cl)c(N=C=O)c2)ccc1Cl. The quantitative estimate of drug-likeness (QED) is 0.459. The molecule has 0 unspecified atom stereocenters. The highest BCUT2D eigenvalue weighted by Gasteiger charge is 2.14. The van der Waals surface area contributed by atoms with Crippen molar-refractivity contribution < 1.29 is 9.59 Å². The third-order valence-electron chi connectivity index (χ3n) is 2.99. The molecule has 2 aromatic carbocycles. The Hall–Kier alpha value is -1.90. The highest BCUT2D eigenvalue weighted by atomic mass is 35.5. The molecule has 24 heavy (non-hydrogen) atoms. The molecule has 0 atom stereocenters. The molecule has 8 heteroatoms. The lowest BCUT2D eigenvalue weighted by Crippen LogP contribution is -1.90. The summed E-state index contributed by atoms with van der Waals surface area (Å²) in [5.41, 5.74) is 1.97. The van der Waals surface area contributed by atoms with E-state index in [-0.39, 0.29) is 25.9 Å². The van der Waals surface area contributed by atoms with E-state index in [0.29, 0.717) is 16.7 Å². The first-order valence-corrected chi connectivity index (χ1v) is 7.80. The van der Waals surface area contributed by atoms with Gasteiger partial charge in [-0.3, -0.25) is 0 Å². The Balaban J connectivity index is 2.67. The second kappa shape index (κ2) is 8.27. The average molecular weight is 400 g/mol. The van der Waals surface area contributed by atoms with Crippen LogP contribution in [0.2, 0.25) is 10.0 Å². The minimum Gasteiger partial charge on any atom is -0.211 e. The first kappa shape index (κ1) is 18.4. The third-order valence-corrected chi connectivity index (χ3v) is 4.01. The summed E-state index contributed by atoms with van der Waals surface area (Å²) in [6, 6.07) is 9.47. The van der Waals surface area contributed by atoms with Gasteiger partial charge >= 0.3 is 0 Å². The summed E-state index contributed by atoms with van der Waals surface area (Å²) in [6.45, 7) is 0. The zero-order valence-corrected chi connectivity index (χ0v) is 14.7. The van der Waals surface area contributed by atoms with Gasteiger partial charge in [-0.1, -0.05) is 58.5 Å². The number of nitrogens with zero attached hydrogens (tertiary/aromatic N) is 2. The van der Waals surface area contributed by atoms with Gasteiger partial charge in [-0.15, -0.1) is 0 Å². The fourth-order valence-electron chi connectivity index (χ4n) is 1.99. The van der Waals surface area contributed by atoms with Gasteiger partial charge in [0.2, 0.25) is 12.2 Å². The minimum absolute atomic E-state index is 0.0401. The second-order valence-electron chi connectivity index (χ2n) is 4.37. The molecular formula is C16H6Cl4N2O2. The summed E-state index contributed by atoms with van der Waals surface area (Å²) in [6.07, 6.45) is 2.85. The van der Waals surface area contributed by atoms with Gasteiger partial charge in [0, 0.05) is 5.57 Å². The molecule has 2 aromatic rings. The zero-order chi connectivity index (χ0) is 17.7. The average Bonchev–Trinajstić information content (AvgIpc) is 2.54. The highest BCUT2D eigenvalue weighted by molar-refractivity contribution is 6.59. The van der Waals surface area contributed by atoms with Crippen LogP contribution in [0.1, 0.15) is 11.1 Å². The summed E-state index contributed by atoms with van der Waals surface area (Å²) in [7, 11) is 0. The van der Waals surface area contributed by atoms with Crippen molar-refractivity contribution in [2.75, 3.05) is 0 Å². The van der Waals surface area contributed by atoms with Gasteiger partial charge in [-0.05, 0) is 35.4 Å². The molecule has 120 valence electrons.